The summed E-state index contributed by atoms with van der Waals surface area (Å²) in [5, 5.41) is 5.19. The van der Waals surface area contributed by atoms with Crippen molar-refractivity contribution >= 4 is 23.5 Å². The van der Waals surface area contributed by atoms with Crippen molar-refractivity contribution in [3.8, 4) is 0 Å². The molecule has 0 bridgehead atoms. The molecule has 0 saturated heterocycles. The lowest BCUT2D eigenvalue weighted by Crippen LogP contribution is -2.34. The molecule has 0 spiro atoms. The van der Waals surface area contributed by atoms with Crippen LogP contribution in [0.2, 0.25) is 0 Å². The van der Waals surface area contributed by atoms with Crippen LogP contribution in [-0.4, -0.2) is 29.9 Å². The molecule has 0 aliphatic carbocycles. The molecule has 0 saturated carbocycles. The van der Waals surface area contributed by atoms with Gasteiger partial charge in [0.1, 0.15) is 5.60 Å². The van der Waals surface area contributed by atoms with Crippen LogP contribution >= 0.6 is 0 Å². The van der Waals surface area contributed by atoms with Crippen molar-refractivity contribution < 1.29 is 19.1 Å². The lowest BCUT2D eigenvalue weighted by molar-refractivity contribution is -0.116. The lowest BCUT2D eigenvalue weighted by Gasteiger charge is -2.19. The Morgan fingerprint density at radius 1 is 1.18 bits per heavy atom. The molecule has 2 N–H and O–H groups in total. The maximum absolute atomic E-state index is 11.8. The summed E-state index contributed by atoms with van der Waals surface area (Å²) < 4.78 is 5.06. The van der Waals surface area contributed by atoms with Gasteiger partial charge in [-0.3, -0.25) is 9.59 Å². The van der Waals surface area contributed by atoms with E-state index in [0.29, 0.717) is 11.3 Å². The number of carbonyl (C=O) groups is 3. The number of hydrogen-bond donors (Lipinski definition) is 2. The highest BCUT2D eigenvalue weighted by Gasteiger charge is 2.15. The molecule has 120 valence electrons. The smallest absolute Gasteiger partial charge is 0.407 e. The van der Waals surface area contributed by atoms with Gasteiger partial charge in [0, 0.05) is 24.2 Å². The third kappa shape index (κ3) is 6.88. The number of ketones is 1. The number of rotatable bonds is 5. The number of amides is 2. The fourth-order valence-electron chi connectivity index (χ4n) is 1.63. The molecule has 22 heavy (non-hydrogen) atoms. The maximum atomic E-state index is 11.8. The first kappa shape index (κ1) is 17.7. The highest BCUT2D eigenvalue weighted by molar-refractivity contribution is 5.97. The second-order valence-corrected chi connectivity index (χ2v) is 5.86. The molecule has 1 aromatic carbocycles. The second kappa shape index (κ2) is 7.59. The van der Waals surface area contributed by atoms with Crippen molar-refractivity contribution in [2.24, 2.45) is 0 Å². The van der Waals surface area contributed by atoms with Crippen LogP contribution in [0.3, 0.4) is 0 Å². The Morgan fingerprint density at radius 3 is 2.45 bits per heavy atom. The zero-order valence-corrected chi connectivity index (χ0v) is 13.4. The van der Waals surface area contributed by atoms with Crippen LogP contribution in [-0.2, 0) is 9.53 Å². The van der Waals surface area contributed by atoms with Crippen LogP contribution in [0.15, 0.2) is 24.3 Å². The van der Waals surface area contributed by atoms with Gasteiger partial charge in [0.15, 0.2) is 5.78 Å². The number of benzene rings is 1. The monoisotopic (exact) mass is 306 g/mol. The summed E-state index contributed by atoms with van der Waals surface area (Å²) in [7, 11) is 0. The SMILES string of the molecule is CC(=O)c1cccc(NC(=O)CCNC(=O)OC(C)(C)C)c1. The van der Waals surface area contributed by atoms with Gasteiger partial charge in [-0.25, -0.2) is 4.79 Å². The molecule has 0 unspecified atom stereocenters. The maximum Gasteiger partial charge on any atom is 0.407 e. The first-order valence-corrected chi connectivity index (χ1v) is 7.05. The van der Waals surface area contributed by atoms with Crippen LogP contribution in [0, 0.1) is 0 Å². The van der Waals surface area contributed by atoms with Crippen LogP contribution in [0.5, 0.6) is 0 Å². The Morgan fingerprint density at radius 2 is 1.86 bits per heavy atom. The van der Waals surface area contributed by atoms with Gasteiger partial charge in [-0.15, -0.1) is 0 Å². The van der Waals surface area contributed by atoms with Gasteiger partial charge in [0.2, 0.25) is 5.91 Å². The largest absolute Gasteiger partial charge is 0.444 e. The topological polar surface area (TPSA) is 84.5 Å². The number of anilines is 1. The molecule has 0 atom stereocenters. The third-order valence-electron chi connectivity index (χ3n) is 2.57. The zero-order valence-electron chi connectivity index (χ0n) is 13.4. The Balaban J connectivity index is 2.39. The molecule has 0 heterocycles. The molecule has 6 heteroatoms. The standard InChI is InChI=1S/C16H22N2O4/c1-11(19)12-6-5-7-13(10-12)18-14(20)8-9-17-15(21)22-16(2,3)4/h5-7,10H,8-9H2,1-4H3,(H,17,21)(H,18,20). The van der Waals surface area contributed by atoms with Gasteiger partial charge in [-0.2, -0.15) is 0 Å². The Labute approximate surface area is 130 Å². The van der Waals surface area contributed by atoms with E-state index < -0.39 is 11.7 Å². The number of hydrogen-bond acceptors (Lipinski definition) is 4. The molecule has 0 aliphatic rings. The normalized spacial score (nSPS) is 10.7. The van der Waals surface area contributed by atoms with Gasteiger partial charge in [0.05, 0.1) is 0 Å². The predicted octanol–water partition coefficient (Wildman–Crippen LogP) is 2.74. The van der Waals surface area contributed by atoms with Crippen LogP contribution in [0.25, 0.3) is 0 Å². The van der Waals surface area contributed by atoms with E-state index in [4.69, 9.17) is 4.74 Å². The molecular weight excluding hydrogens is 284 g/mol. The third-order valence-corrected chi connectivity index (χ3v) is 2.57. The molecule has 0 aromatic heterocycles. The summed E-state index contributed by atoms with van der Waals surface area (Å²) in [4.78, 5) is 34.5. The summed E-state index contributed by atoms with van der Waals surface area (Å²) in [6.07, 6.45) is -0.442. The molecule has 1 aromatic rings. The first-order chi connectivity index (χ1) is 10.2. The Kier molecular flexibility index (Phi) is 6.10. The summed E-state index contributed by atoms with van der Waals surface area (Å²) in [6, 6.07) is 6.69. The van der Waals surface area contributed by atoms with Crippen molar-refractivity contribution in [3.63, 3.8) is 0 Å². The second-order valence-electron chi connectivity index (χ2n) is 5.86. The number of ether oxygens (including phenoxy) is 1. The Bertz CT molecular complexity index is 562. The van der Waals surface area contributed by atoms with Crippen molar-refractivity contribution in [1.82, 2.24) is 5.32 Å². The van der Waals surface area contributed by atoms with Crippen molar-refractivity contribution in [2.45, 2.75) is 39.7 Å². The molecular formula is C16H22N2O4. The van der Waals surface area contributed by atoms with E-state index >= 15 is 0 Å². The van der Waals surface area contributed by atoms with E-state index in [1.54, 1.807) is 45.0 Å². The average Bonchev–Trinajstić information content (AvgIpc) is 2.36. The summed E-state index contributed by atoms with van der Waals surface area (Å²) in [5.41, 5.74) is 0.513. The van der Waals surface area contributed by atoms with Crippen LogP contribution in [0.4, 0.5) is 10.5 Å². The molecule has 0 aliphatic heterocycles. The van der Waals surface area contributed by atoms with E-state index in [2.05, 4.69) is 10.6 Å². The fourth-order valence-corrected chi connectivity index (χ4v) is 1.63. The number of nitrogens with one attached hydrogen (secondary N) is 2. The predicted molar refractivity (Wildman–Crippen MR) is 83.9 cm³/mol. The molecule has 2 amide bonds. The lowest BCUT2D eigenvalue weighted by atomic mass is 10.1. The van der Waals surface area contributed by atoms with Gasteiger partial charge in [-0.05, 0) is 39.8 Å². The molecule has 6 nitrogen and oxygen atoms in total. The van der Waals surface area contributed by atoms with Gasteiger partial charge in [-0.1, -0.05) is 12.1 Å². The van der Waals surface area contributed by atoms with Crippen LogP contribution in [0.1, 0.15) is 44.5 Å². The first-order valence-electron chi connectivity index (χ1n) is 7.05. The van der Waals surface area contributed by atoms with E-state index in [0.717, 1.165) is 0 Å². The van der Waals surface area contributed by atoms with E-state index in [1.165, 1.54) is 6.92 Å². The van der Waals surface area contributed by atoms with Crippen LogP contribution < -0.4 is 10.6 Å². The van der Waals surface area contributed by atoms with Crippen molar-refractivity contribution in [1.29, 1.82) is 0 Å². The number of carbonyl (C=O) groups excluding carboxylic acids is 3. The van der Waals surface area contributed by atoms with Crippen molar-refractivity contribution in [3.05, 3.63) is 29.8 Å². The quantitative estimate of drug-likeness (QED) is 0.819. The van der Waals surface area contributed by atoms with Gasteiger partial charge in [0.25, 0.3) is 0 Å². The summed E-state index contributed by atoms with van der Waals surface area (Å²) in [6.45, 7) is 6.93. The average molecular weight is 306 g/mol. The number of alkyl carbamates (subject to hydrolysis) is 1. The minimum Gasteiger partial charge on any atom is -0.444 e. The highest BCUT2D eigenvalue weighted by Crippen LogP contribution is 2.11. The van der Waals surface area contributed by atoms with E-state index in [9.17, 15) is 14.4 Å². The van der Waals surface area contributed by atoms with E-state index in [1.807, 2.05) is 0 Å². The summed E-state index contributed by atoms with van der Waals surface area (Å²) >= 11 is 0. The minimum atomic E-state index is -0.570. The zero-order chi connectivity index (χ0) is 16.8. The highest BCUT2D eigenvalue weighted by atomic mass is 16.6. The number of Topliss-reactive ketones (excluding diaryl/α,β-unsaturated/α-hetero) is 1. The molecule has 1 rings (SSSR count). The molecule has 0 fully saturated rings. The fraction of sp³-hybridized carbons (Fsp3) is 0.438. The Hall–Kier alpha value is -2.37. The molecule has 0 radical (unpaired) electrons. The van der Waals surface area contributed by atoms with E-state index in [-0.39, 0.29) is 24.7 Å². The van der Waals surface area contributed by atoms with Crippen molar-refractivity contribution in [2.75, 3.05) is 11.9 Å². The summed E-state index contributed by atoms with van der Waals surface area (Å²) in [5.74, 6) is -0.320. The van der Waals surface area contributed by atoms with Gasteiger partial charge >= 0.3 is 6.09 Å². The minimum absolute atomic E-state index is 0.0670. The van der Waals surface area contributed by atoms with Gasteiger partial charge < -0.3 is 15.4 Å².